The second-order valence-corrected chi connectivity index (χ2v) is 5.51. The van der Waals surface area contributed by atoms with E-state index in [0.29, 0.717) is 0 Å². The molecule has 0 spiro atoms. The summed E-state index contributed by atoms with van der Waals surface area (Å²) >= 11 is 0. The quantitative estimate of drug-likeness (QED) is 0.217. The third-order valence-corrected chi connectivity index (χ3v) is 3.60. The lowest BCUT2D eigenvalue weighted by Crippen LogP contribution is -2.60. The molecule has 0 aromatic rings. The summed E-state index contributed by atoms with van der Waals surface area (Å²) < 4.78 is 10.7. The minimum Gasteiger partial charge on any atom is -0.394 e. The van der Waals surface area contributed by atoms with Crippen LogP contribution in [0.4, 0.5) is 0 Å². The molecule has 1 heterocycles. The van der Waals surface area contributed by atoms with Crippen molar-refractivity contribution in [2.75, 3.05) is 13.2 Å². The van der Waals surface area contributed by atoms with Crippen molar-refractivity contribution in [3.05, 3.63) is 37.0 Å². The first-order chi connectivity index (χ1) is 13.0. The fourth-order valence-electron chi connectivity index (χ4n) is 2.12. The van der Waals surface area contributed by atoms with Gasteiger partial charge in [-0.05, 0) is 30.1 Å². The predicted molar refractivity (Wildman–Crippen MR) is 95.8 cm³/mol. The van der Waals surface area contributed by atoms with Crippen LogP contribution in [0.25, 0.3) is 0 Å². The average molecular weight is 380 g/mol. The molecular weight excluding hydrogens is 356 g/mol. The van der Waals surface area contributed by atoms with Gasteiger partial charge in [0.1, 0.15) is 36.6 Å². The zero-order chi connectivity index (χ0) is 20.2. The van der Waals surface area contributed by atoms with Crippen LogP contribution in [-0.4, -0.2) is 86.8 Å². The molecule has 1 saturated heterocycles. The Bertz CT molecular complexity index is 634. The molecule has 6 N–H and O–H groups in total. The van der Waals surface area contributed by atoms with Crippen molar-refractivity contribution in [1.29, 1.82) is 0 Å². The summed E-state index contributed by atoms with van der Waals surface area (Å²) in [6.07, 6.45) is -2.56. The zero-order valence-corrected chi connectivity index (χ0v) is 14.5. The molecule has 0 radical (unpaired) electrons. The normalized spacial score (nSPS) is 30.2. The van der Waals surface area contributed by atoms with E-state index in [0.717, 1.165) is 0 Å². The Hall–Kier alpha value is -1.98. The van der Waals surface area contributed by atoms with Crippen LogP contribution in [0.5, 0.6) is 0 Å². The Labute approximate surface area is 157 Å². The standard InChI is InChI=1S/C19H24O8/c1-2-13(22)14(10-8-6-4-3-5-7-9-11-20)26-19-18(25)17(24)16(23)15(12-21)27-19/h2,7-10,13-25H,1,11-12H2/b9-7+,10-8+/t13-,14+,15-,16-,17+,18-,19-/m1/s1. The van der Waals surface area contributed by atoms with E-state index < -0.39 is 49.5 Å². The Balaban J connectivity index is 2.81. The van der Waals surface area contributed by atoms with Gasteiger partial charge in [-0.2, -0.15) is 0 Å². The molecule has 148 valence electrons. The monoisotopic (exact) mass is 380 g/mol. The highest BCUT2D eigenvalue weighted by atomic mass is 16.7. The predicted octanol–water partition coefficient (Wildman–Crippen LogP) is -2.17. The molecule has 1 fully saturated rings. The molecule has 0 saturated carbocycles. The molecule has 0 amide bonds. The van der Waals surface area contributed by atoms with Crippen LogP contribution in [0.1, 0.15) is 0 Å². The average Bonchev–Trinajstić information content (AvgIpc) is 2.68. The summed E-state index contributed by atoms with van der Waals surface area (Å²) in [6.45, 7) is 2.75. The molecule has 1 rings (SSSR count). The van der Waals surface area contributed by atoms with Crippen molar-refractivity contribution in [3.8, 4) is 23.7 Å². The Morgan fingerprint density at radius 2 is 1.70 bits per heavy atom. The Kier molecular flexibility index (Phi) is 10.6. The molecule has 0 aromatic carbocycles. The smallest absolute Gasteiger partial charge is 0.187 e. The van der Waals surface area contributed by atoms with E-state index in [1.165, 1.54) is 30.4 Å². The van der Waals surface area contributed by atoms with Gasteiger partial charge in [0.05, 0.1) is 13.2 Å². The summed E-state index contributed by atoms with van der Waals surface area (Å²) in [5.74, 6) is 10.2. The van der Waals surface area contributed by atoms with Crippen LogP contribution >= 0.6 is 0 Å². The van der Waals surface area contributed by atoms with Crippen molar-refractivity contribution >= 4 is 0 Å². The minimum atomic E-state index is -1.59. The van der Waals surface area contributed by atoms with Crippen molar-refractivity contribution in [2.24, 2.45) is 0 Å². The van der Waals surface area contributed by atoms with E-state index in [4.69, 9.17) is 14.6 Å². The second-order valence-electron chi connectivity index (χ2n) is 5.51. The van der Waals surface area contributed by atoms with Gasteiger partial charge in [-0.15, -0.1) is 6.58 Å². The van der Waals surface area contributed by atoms with Crippen molar-refractivity contribution in [2.45, 2.75) is 42.9 Å². The maximum atomic E-state index is 9.99. The lowest BCUT2D eigenvalue weighted by molar-refractivity contribution is -0.311. The third-order valence-electron chi connectivity index (χ3n) is 3.60. The number of aliphatic hydroxyl groups excluding tert-OH is 6. The van der Waals surface area contributed by atoms with Gasteiger partial charge in [0, 0.05) is 0 Å². The number of rotatable bonds is 7. The number of hydrogen-bond donors (Lipinski definition) is 6. The zero-order valence-electron chi connectivity index (χ0n) is 14.5. The highest BCUT2D eigenvalue weighted by Crippen LogP contribution is 2.23. The summed E-state index contributed by atoms with van der Waals surface area (Å²) in [4.78, 5) is 0. The number of allylic oxidation sites excluding steroid dienone is 2. The van der Waals surface area contributed by atoms with E-state index in [1.807, 2.05) is 0 Å². The Morgan fingerprint density at radius 1 is 1.04 bits per heavy atom. The first-order valence-corrected chi connectivity index (χ1v) is 8.16. The molecule has 8 heteroatoms. The van der Waals surface area contributed by atoms with Gasteiger partial charge in [0.2, 0.25) is 0 Å². The largest absolute Gasteiger partial charge is 0.394 e. The first-order valence-electron chi connectivity index (χ1n) is 8.16. The summed E-state index contributed by atoms with van der Waals surface area (Å²) in [7, 11) is 0. The lowest BCUT2D eigenvalue weighted by atomic mass is 9.99. The van der Waals surface area contributed by atoms with Gasteiger partial charge in [-0.3, -0.25) is 0 Å². The van der Waals surface area contributed by atoms with E-state index in [-0.39, 0.29) is 6.61 Å². The molecule has 1 aliphatic heterocycles. The van der Waals surface area contributed by atoms with Gasteiger partial charge in [-0.1, -0.05) is 24.0 Å². The maximum Gasteiger partial charge on any atom is 0.187 e. The van der Waals surface area contributed by atoms with Gasteiger partial charge < -0.3 is 40.1 Å². The fourth-order valence-corrected chi connectivity index (χ4v) is 2.12. The fraction of sp³-hybridized carbons (Fsp3) is 0.474. The molecule has 1 aliphatic rings. The second kappa shape index (κ2) is 12.4. The van der Waals surface area contributed by atoms with Gasteiger partial charge in [0.25, 0.3) is 0 Å². The highest BCUT2D eigenvalue weighted by molar-refractivity contribution is 5.34. The molecule has 7 atom stereocenters. The topological polar surface area (TPSA) is 140 Å². The van der Waals surface area contributed by atoms with Gasteiger partial charge in [0.15, 0.2) is 6.29 Å². The van der Waals surface area contributed by atoms with Crippen LogP contribution in [0, 0.1) is 23.7 Å². The van der Waals surface area contributed by atoms with Crippen molar-refractivity contribution < 1.29 is 40.1 Å². The number of hydrogen-bond acceptors (Lipinski definition) is 8. The molecule has 27 heavy (non-hydrogen) atoms. The number of aliphatic hydroxyl groups is 6. The molecule has 0 bridgehead atoms. The van der Waals surface area contributed by atoms with Crippen LogP contribution in [0.2, 0.25) is 0 Å². The van der Waals surface area contributed by atoms with Gasteiger partial charge >= 0.3 is 0 Å². The van der Waals surface area contributed by atoms with Crippen LogP contribution in [0.15, 0.2) is 37.0 Å². The van der Waals surface area contributed by atoms with E-state index in [1.54, 1.807) is 0 Å². The lowest BCUT2D eigenvalue weighted by Gasteiger charge is -2.40. The summed E-state index contributed by atoms with van der Waals surface area (Å²) in [5, 5.41) is 57.2. The molecule has 0 unspecified atom stereocenters. The van der Waals surface area contributed by atoms with Crippen LogP contribution in [-0.2, 0) is 9.47 Å². The molecule has 0 aliphatic carbocycles. The van der Waals surface area contributed by atoms with E-state index in [9.17, 15) is 25.5 Å². The van der Waals surface area contributed by atoms with Crippen molar-refractivity contribution in [3.63, 3.8) is 0 Å². The summed E-state index contributed by atoms with van der Waals surface area (Å²) in [5.41, 5.74) is 0. The number of ether oxygens (including phenoxy) is 2. The van der Waals surface area contributed by atoms with Gasteiger partial charge in [-0.25, -0.2) is 0 Å². The third kappa shape index (κ3) is 7.27. The first kappa shape index (κ1) is 23.1. The molecule has 8 nitrogen and oxygen atoms in total. The van der Waals surface area contributed by atoms with Crippen LogP contribution in [0.3, 0.4) is 0 Å². The van der Waals surface area contributed by atoms with E-state index >= 15 is 0 Å². The van der Waals surface area contributed by atoms with Crippen LogP contribution < -0.4 is 0 Å². The minimum absolute atomic E-state index is 0.113. The molecular formula is C19H24O8. The summed E-state index contributed by atoms with van der Waals surface area (Å²) in [6, 6.07) is 0. The highest BCUT2D eigenvalue weighted by Gasteiger charge is 2.45. The maximum absolute atomic E-state index is 9.99. The van der Waals surface area contributed by atoms with E-state index in [2.05, 4.69) is 30.3 Å². The Morgan fingerprint density at radius 3 is 2.30 bits per heavy atom. The molecule has 0 aromatic heterocycles. The SMILES string of the molecule is C=C[C@@H](O)[C@H](/C=C/C#CC#C/C=C/CO)O[C@@H]1O[C@H](CO)[C@@H](O)[C@H](O)[C@H]1O. The van der Waals surface area contributed by atoms with Crippen molar-refractivity contribution in [1.82, 2.24) is 0 Å².